The molecule has 0 radical (unpaired) electrons. The summed E-state index contributed by atoms with van der Waals surface area (Å²) in [6.45, 7) is 3.43. The van der Waals surface area contributed by atoms with Crippen LogP contribution >= 0.6 is 0 Å². The Labute approximate surface area is 162 Å². The van der Waals surface area contributed by atoms with Gasteiger partial charge in [0, 0.05) is 13.5 Å². The molecule has 0 unspecified atom stereocenters. The van der Waals surface area contributed by atoms with Gasteiger partial charge < -0.3 is 24.1 Å². The zero-order valence-electron chi connectivity index (χ0n) is 15.8. The van der Waals surface area contributed by atoms with Crippen molar-refractivity contribution in [3.8, 4) is 5.75 Å². The summed E-state index contributed by atoms with van der Waals surface area (Å²) < 4.78 is 16.5. The number of amides is 2. The van der Waals surface area contributed by atoms with E-state index in [1.807, 2.05) is 30.3 Å². The monoisotopic (exact) mass is 382 g/mol. The lowest BCUT2D eigenvalue weighted by atomic mass is 10.0. The largest absolute Gasteiger partial charge is 0.497 e. The molecule has 2 amide bonds. The SMILES string of the molecule is COc1ccc2cc([C@H]3CN(C(=O)NCc4nnc(C)o4)CCO3)ccc2c1. The maximum Gasteiger partial charge on any atom is 0.318 e. The van der Waals surface area contributed by atoms with Gasteiger partial charge in [-0.1, -0.05) is 18.2 Å². The van der Waals surface area contributed by atoms with Gasteiger partial charge in [0.1, 0.15) is 11.9 Å². The molecule has 0 saturated carbocycles. The summed E-state index contributed by atoms with van der Waals surface area (Å²) in [5, 5.41) is 12.7. The van der Waals surface area contributed by atoms with Crippen LogP contribution in [0.15, 0.2) is 40.8 Å². The molecule has 2 heterocycles. The van der Waals surface area contributed by atoms with Crippen molar-refractivity contribution >= 4 is 16.8 Å². The molecule has 1 aromatic heterocycles. The Morgan fingerprint density at radius 2 is 2.07 bits per heavy atom. The van der Waals surface area contributed by atoms with Crippen LogP contribution in [0.5, 0.6) is 5.75 Å². The summed E-state index contributed by atoms with van der Waals surface area (Å²) >= 11 is 0. The van der Waals surface area contributed by atoms with Crippen molar-refractivity contribution < 1.29 is 18.7 Å². The van der Waals surface area contributed by atoms with Gasteiger partial charge in [0.15, 0.2) is 0 Å². The number of carbonyl (C=O) groups is 1. The molecule has 0 aliphatic carbocycles. The Morgan fingerprint density at radius 1 is 1.25 bits per heavy atom. The minimum absolute atomic E-state index is 0.170. The second-order valence-electron chi connectivity index (χ2n) is 6.65. The van der Waals surface area contributed by atoms with Crippen molar-refractivity contribution in [2.45, 2.75) is 19.6 Å². The number of nitrogens with one attached hydrogen (secondary N) is 1. The van der Waals surface area contributed by atoms with Crippen molar-refractivity contribution in [3.63, 3.8) is 0 Å². The van der Waals surface area contributed by atoms with Crippen LogP contribution in [0.3, 0.4) is 0 Å². The number of fused-ring (bicyclic) bond motifs is 1. The predicted octanol–water partition coefficient (Wildman–Crippen LogP) is 2.82. The highest BCUT2D eigenvalue weighted by Crippen LogP contribution is 2.27. The van der Waals surface area contributed by atoms with E-state index in [4.69, 9.17) is 13.9 Å². The van der Waals surface area contributed by atoms with Crippen LogP contribution in [-0.4, -0.2) is 47.9 Å². The number of aryl methyl sites for hydroxylation is 1. The molecule has 1 saturated heterocycles. The number of hydrogen-bond acceptors (Lipinski definition) is 6. The van der Waals surface area contributed by atoms with E-state index in [0.717, 1.165) is 22.1 Å². The summed E-state index contributed by atoms with van der Waals surface area (Å²) in [6.07, 6.45) is -0.170. The molecule has 1 atom stereocenters. The molecule has 1 aliphatic heterocycles. The van der Waals surface area contributed by atoms with Gasteiger partial charge >= 0.3 is 6.03 Å². The summed E-state index contributed by atoms with van der Waals surface area (Å²) in [4.78, 5) is 14.2. The average Bonchev–Trinajstić information content (AvgIpc) is 3.16. The Morgan fingerprint density at radius 3 is 2.86 bits per heavy atom. The van der Waals surface area contributed by atoms with Crippen LogP contribution in [0.2, 0.25) is 0 Å². The number of urea groups is 1. The highest BCUT2D eigenvalue weighted by Gasteiger charge is 2.25. The summed E-state index contributed by atoms with van der Waals surface area (Å²) in [5.41, 5.74) is 1.04. The zero-order valence-corrected chi connectivity index (χ0v) is 15.8. The van der Waals surface area contributed by atoms with Crippen LogP contribution in [0.1, 0.15) is 23.4 Å². The molecule has 3 aromatic rings. The Balaban J connectivity index is 1.42. The lowest BCUT2D eigenvalue weighted by Crippen LogP contribution is -2.47. The van der Waals surface area contributed by atoms with Gasteiger partial charge in [-0.05, 0) is 34.5 Å². The molecule has 1 aliphatic rings. The third-order valence-electron chi connectivity index (χ3n) is 4.76. The normalized spacial score (nSPS) is 16.9. The number of carbonyl (C=O) groups excluding carboxylic acids is 1. The first-order chi connectivity index (χ1) is 13.6. The summed E-state index contributed by atoms with van der Waals surface area (Å²) in [6, 6.07) is 12.0. The smallest absolute Gasteiger partial charge is 0.318 e. The van der Waals surface area contributed by atoms with Crippen molar-refractivity contribution in [2.75, 3.05) is 26.8 Å². The minimum Gasteiger partial charge on any atom is -0.497 e. The molecule has 1 fully saturated rings. The molecule has 8 nitrogen and oxygen atoms in total. The molecular weight excluding hydrogens is 360 g/mol. The zero-order chi connectivity index (χ0) is 19.5. The molecule has 2 aromatic carbocycles. The van der Waals surface area contributed by atoms with Crippen LogP contribution in [-0.2, 0) is 11.3 Å². The van der Waals surface area contributed by atoms with E-state index in [-0.39, 0.29) is 18.7 Å². The van der Waals surface area contributed by atoms with Crippen LogP contribution < -0.4 is 10.1 Å². The van der Waals surface area contributed by atoms with Crippen molar-refractivity contribution in [2.24, 2.45) is 0 Å². The Hall–Kier alpha value is -3.13. The van der Waals surface area contributed by atoms with E-state index in [1.165, 1.54) is 0 Å². The van der Waals surface area contributed by atoms with Gasteiger partial charge in [-0.2, -0.15) is 0 Å². The summed E-state index contributed by atoms with van der Waals surface area (Å²) in [5.74, 6) is 1.69. The molecule has 8 heteroatoms. The number of methoxy groups -OCH3 is 1. The highest BCUT2D eigenvalue weighted by molar-refractivity contribution is 5.84. The second-order valence-corrected chi connectivity index (χ2v) is 6.65. The molecule has 0 bridgehead atoms. The number of rotatable bonds is 4. The maximum atomic E-state index is 12.5. The van der Waals surface area contributed by atoms with Crippen LogP contribution in [0.25, 0.3) is 10.8 Å². The fourth-order valence-corrected chi connectivity index (χ4v) is 3.28. The second kappa shape index (κ2) is 7.85. The van der Waals surface area contributed by atoms with Gasteiger partial charge in [-0.15, -0.1) is 10.2 Å². The fourth-order valence-electron chi connectivity index (χ4n) is 3.28. The van der Waals surface area contributed by atoms with Gasteiger partial charge in [-0.3, -0.25) is 0 Å². The van der Waals surface area contributed by atoms with E-state index >= 15 is 0 Å². The number of morpholine rings is 1. The number of aromatic nitrogens is 2. The van der Waals surface area contributed by atoms with Gasteiger partial charge in [-0.25, -0.2) is 4.79 Å². The number of nitrogens with zero attached hydrogens (tertiary/aromatic N) is 3. The molecule has 28 heavy (non-hydrogen) atoms. The van der Waals surface area contributed by atoms with Gasteiger partial charge in [0.25, 0.3) is 0 Å². The lowest BCUT2D eigenvalue weighted by molar-refractivity contribution is -0.0154. The first kappa shape index (κ1) is 18.2. The highest BCUT2D eigenvalue weighted by atomic mass is 16.5. The Kier molecular flexibility index (Phi) is 5.12. The maximum absolute atomic E-state index is 12.5. The van der Waals surface area contributed by atoms with E-state index in [1.54, 1.807) is 18.9 Å². The first-order valence-electron chi connectivity index (χ1n) is 9.13. The van der Waals surface area contributed by atoms with E-state index in [0.29, 0.717) is 31.5 Å². The molecular formula is C20H22N4O4. The number of hydrogen-bond donors (Lipinski definition) is 1. The predicted molar refractivity (Wildman–Crippen MR) is 102 cm³/mol. The van der Waals surface area contributed by atoms with E-state index < -0.39 is 0 Å². The Bertz CT molecular complexity index is 987. The molecule has 0 spiro atoms. The minimum atomic E-state index is -0.172. The number of ether oxygens (including phenoxy) is 2. The van der Waals surface area contributed by atoms with Crippen LogP contribution in [0.4, 0.5) is 4.79 Å². The third kappa shape index (κ3) is 3.91. The van der Waals surface area contributed by atoms with Crippen molar-refractivity contribution in [1.82, 2.24) is 20.4 Å². The molecule has 1 N–H and O–H groups in total. The van der Waals surface area contributed by atoms with Crippen LogP contribution in [0, 0.1) is 6.92 Å². The van der Waals surface area contributed by atoms with Crippen molar-refractivity contribution in [3.05, 3.63) is 53.7 Å². The quantitative estimate of drug-likeness (QED) is 0.746. The molecule has 146 valence electrons. The fraction of sp³-hybridized carbons (Fsp3) is 0.350. The van der Waals surface area contributed by atoms with Gasteiger partial charge in [0.05, 0.1) is 26.8 Å². The van der Waals surface area contributed by atoms with E-state index in [9.17, 15) is 4.79 Å². The van der Waals surface area contributed by atoms with E-state index in [2.05, 4.69) is 21.6 Å². The summed E-state index contributed by atoms with van der Waals surface area (Å²) in [7, 11) is 1.66. The van der Waals surface area contributed by atoms with Crippen molar-refractivity contribution in [1.29, 1.82) is 0 Å². The lowest BCUT2D eigenvalue weighted by Gasteiger charge is -2.33. The number of benzene rings is 2. The van der Waals surface area contributed by atoms with Gasteiger partial charge in [0.2, 0.25) is 11.8 Å². The first-order valence-corrected chi connectivity index (χ1v) is 9.13. The molecule has 4 rings (SSSR count). The third-order valence-corrected chi connectivity index (χ3v) is 4.76. The topological polar surface area (TPSA) is 89.7 Å². The average molecular weight is 382 g/mol. The standard InChI is InChI=1S/C20H22N4O4/c1-13-22-23-19(28-13)11-21-20(25)24-7-8-27-18(12-24)16-4-3-15-10-17(26-2)6-5-14(15)9-16/h3-6,9-10,18H,7-8,11-12H2,1-2H3,(H,21,25)/t18-/m1/s1.